The van der Waals surface area contributed by atoms with Gasteiger partial charge < -0.3 is 0 Å². The number of hydrogen-bond donors (Lipinski definition) is 0. The van der Waals surface area contributed by atoms with E-state index in [1.165, 1.54) is 21.9 Å². The minimum absolute atomic E-state index is 1.03. The number of rotatable bonds is 0. The summed E-state index contributed by atoms with van der Waals surface area (Å²) >= 11 is 0. The maximum Gasteiger partial charge on any atom is 0.0423 e. The van der Waals surface area contributed by atoms with E-state index in [1.54, 1.807) is 0 Å². The van der Waals surface area contributed by atoms with Gasteiger partial charge in [-0.2, -0.15) is 0 Å². The Bertz CT molecular complexity index is 460. The highest BCUT2D eigenvalue weighted by Crippen LogP contribution is 2.24. The highest BCUT2D eigenvalue weighted by atomic mass is 14.1. The Labute approximate surface area is 83.9 Å². The topological polar surface area (TPSA) is 0 Å². The standard InChI is InChI=1S/C14H10/c1-2-6-12-10-14-8-4-3-7-13(14)9-11(12)5-1/h1-6,9-10H,7H2. The molecule has 2 radical (unpaired) electrons. The number of benzene rings is 2. The Kier molecular flexibility index (Phi) is 1.66. The maximum atomic E-state index is 3.27. The van der Waals surface area contributed by atoms with Gasteiger partial charge in [-0.1, -0.05) is 42.5 Å². The smallest absolute Gasteiger partial charge is 0.0423 e. The SMILES string of the molecule is [C]1C=CCc2cc3ccccc3cc21. The highest BCUT2D eigenvalue weighted by molar-refractivity contribution is 5.84. The molecule has 3 rings (SSSR count). The molecule has 0 spiro atoms. The molecule has 0 heteroatoms. The van der Waals surface area contributed by atoms with Crippen LogP contribution in [0.1, 0.15) is 11.1 Å². The summed E-state index contributed by atoms with van der Waals surface area (Å²) in [4.78, 5) is 0. The minimum Gasteiger partial charge on any atom is -0.0831 e. The first-order valence-corrected chi connectivity index (χ1v) is 4.87. The summed E-state index contributed by atoms with van der Waals surface area (Å²) in [6.07, 6.45) is 8.47. The molecule has 0 aromatic heterocycles. The van der Waals surface area contributed by atoms with Gasteiger partial charge in [0.25, 0.3) is 0 Å². The van der Waals surface area contributed by atoms with Crippen LogP contribution in [0.2, 0.25) is 0 Å². The molecule has 0 aliphatic heterocycles. The lowest BCUT2D eigenvalue weighted by Crippen LogP contribution is -1.95. The van der Waals surface area contributed by atoms with E-state index in [1.807, 2.05) is 6.08 Å². The molecule has 0 bridgehead atoms. The van der Waals surface area contributed by atoms with E-state index in [9.17, 15) is 0 Å². The van der Waals surface area contributed by atoms with Gasteiger partial charge in [0.2, 0.25) is 0 Å². The van der Waals surface area contributed by atoms with Gasteiger partial charge in [0.05, 0.1) is 0 Å². The summed E-state index contributed by atoms with van der Waals surface area (Å²) < 4.78 is 0. The normalized spacial score (nSPS) is 14.3. The van der Waals surface area contributed by atoms with Crippen molar-refractivity contribution in [1.82, 2.24) is 0 Å². The Morgan fingerprint density at radius 2 is 1.79 bits per heavy atom. The first-order valence-electron chi connectivity index (χ1n) is 4.87. The first-order chi connectivity index (χ1) is 6.93. The Morgan fingerprint density at radius 3 is 2.64 bits per heavy atom. The molecule has 66 valence electrons. The van der Waals surface area contributed by atoms with Gasteiger partial charge in [0, 0.05) is 6.42 Å². The highest BCUT2D eigenvalue weighted by Gasteiger charge is 2.06. The van der Waals surface area contributed by atoms with Gasteiger partial charge in [-0.25, -0.2) is 0 Å². The van der Waals surface area contributed by atoms with Gasteiger partial charge in [-0.05, 0) is 34.4 Å². The van der Waals surface area contributed by atoms with Crippen molar-refractivity contribution in [1.29, 1.82) is 0 Å². The fourth-order valence-corrected chi connectivity index (χ4v) is 1.93. The molecule has 2 aromatic rings. The lowest BCUT2D eigenvalue weighted by atomic mass is 9.93. The molecule has 0 saturated heterocycles. The number of hydrogen-bond acceptors (Lipinski definition) is 0. The molecule has 1 aliphatic carbocycles. The van der Waals surface area contributed by atoms with E-state index >= 15 is 0 Å². The molecular formula is C14H10. The quantitative estimate of drug-likeness (QED) is 0.580. The van der Waals surface area contributed by atoms with Crippen LogP contribution in [0, 0.1) is 6.42 Å². The molecule has 2 aromatic carbocycles. The second-order valence-corrected chi connectivity index (χ2v) is 3.61. The predicted molar refractivity (Wildman–Crippen MR) is 59.1 cm³/mol. The van der Waals surface area contributed by atoms with Crippen LogP contribution in [-0.2, 0) is 6.42 Å². The number of allylic oxidation sites excluding steroid dienone is 2. The average molecular weight is 178 g/mol. The second-order valence-electron chi connectivity index (χ2n) is 3.61. The Morgan fingerprint density at radius 1 is 1.00 bits per heavy atom. The van der Waals surface area contributed by atoms with Crippen molar-refractivity contribution in [2.75, 3.05) is 0 Å². The van der Waals surface area contributed by atoms with E-state index in [2.05, 4.69) is 48.9 Å². The molecule has 14 heavy (non-hydrogen) atoms. The molecule has 0 heterocycles. The van der Waals surface area contributed by atoms with Crippen LogP contribution in [-0.4, -0.2) is 0 Å². The molecule has 0 unspecified atom stereocenters. The monoisotopic (exact) mass is 178 g/mol. The lowest BCUT2D eigenvalue weighted by Gasteiger charge is -2.11. The second kappa shape index (κ2) is 2.98. The van der Waals surface area contributed by atoms with E-state index in [0.717, 1.165) is 6.42 Å². The number of fused-ring (bicyclic) bond motifs is 2. The molecule has 1 aliphatic rings. The summed E-state index contributed by atoms with van der Waals surface area (Å²) in [6.45, 7) is 0. The van der Waals surface area contributed by atoms with Gasteiger partial charge in [-0.3, -0.25) is 0 Å². The Hall–Kier alpha value is -1.56. The van der Waals surface area contributed by atoms with Crippen LogP contribution < -0.4 is 0 Å². The van der Waals surface area contributed by atoms with Gasteiger partial charge in [0.1, 0.15) is 0 Å². The maximum absolute atomic E-state index is 3.27. The van der Waals surface area contributed by atoms with Crippen molar-refractivity contribution in [3.05, 3.63) is 66.1 Å². The van der Waals surface area contributed by atoms with Gasteiger partial charge >= 0.3 is 0 Å². The van der Waals surface area contributed by atoms with Crippen molar-refractivity contribution in [2.24, 2.45) is 0 Å². The molecule has 0 amide bonds. The zero-order valence-corrected chi connectivity index (χ0v) is 7.83. The van der Waals surface area contributed by atoms with E-state index in [-0.39, 0.29) is 0 Å². The summed E-state index contributed by atoms with van der Waals surface area (Å²) in [5.41, 5.74) is 2.62. The van der Waals surface area contributed by atoms with E-state index < -0.39 is 0 Å². The summed E-state index contributed by atoms with van der Waals surface area (Å²) in [7, 11) is 0. The summed E-state index contributed by atoms with van der Waals surface area (Å²) in [6, 6.07) is 13.0. The zero-order chi connectivity index (χ0) is 9.38. The minimum atomic E-state index is 1.03. The molecule has 0 N–H and O–H groups in total. The van der Waals surface area contributed by atoms with Crippen LogP contribution in [0.15, 0.2) is 48.6 Å². The van der Waals surface area contributed by atoms with Crippen molar-refractivity contribution in [3.63, 3.8) is 0 Å². The predicted octanol–water partition coefficient (Wildman–Crippen LogP) is 3.38. The fourth-order valence-electron chi connectivity index (χ4n) is 1.93. The van der Waals surface area contributed by atoms with Crippen molar-refractivity contribution >= 4 is 10.8 Å². The third-order valence-electron chi connectivity index (χ3n) is 2.67. The molecule has 0 fully saturated rings. The van der Waals surface area contributed by atoms with Gasteiger partial charge in [-0.15, -0.1) is 0 Å². The molecule has 0 atom stereocenters. The molecular weight excluding hydrogens is 168 g/mol. The van der Waals surface area contributed by atoms with Crippen molar-refractivity contribution in [2.45, 2.75) is 6.42 Å². The van der Waals surface area contributed by atoms with Crippen molar-refractivity contribution in [3.8, 4) is 0 Å². The van der Waals surface area contributed by atoms with Crippen LogP contribution in [0.5, 0.6) is 0 Å². The summed E-state index contributed by atoms with van der Waals surface area (Å²) in [5.74, 6) is 0. The molecule has 0 saturated carbocycles. The van der Waals surface area contributed by atoms with E-state index in [4.69, 9.17) is 0 Å². The van der Waals surface area contributed by atoms with E-state index in [0.29, 0.717) is 0 Å². The average Bonchev–Trinajstić information content (AvgIpc) is 2.26. The van der Waals surface area contributed by atoms with Crippen LogP contribution >= 0.6 is 0 Å². The third-order valence-corrected chi connectivity index (χ3v) is 2.67. The fraction of sp³-hybridized carbons (Fsp3) is 0.0714. The molecule has 0 nitrogen and oxygen atoms in total. The van der Waals surface area contributed by atoms with Crippen LogP contribution in [0.25, 0.3) is 10.8 Å². The third kappa shape index (κ3) is 1.15. The lowest BCUT2D eigenvalue weighted by molar-refractivity contribution is 1.20. The largest absolute Gasteiger partial charge is 0.0831 e. The van der Waals surface area contributed by atoms with Gasteiger partial charge in [0.15, 0.2) is 0 Å². The first kappa shape index (κ1) is 7.81. The zero-order valence-electron chi connectivity index (χ0n) is 7.83. The van der Waals surface area contributed by atoms with Crippen LogP contribution in [0.4, 0.5) is 0 Å². The Balaban J connectivity index is 2.30. The van der Waals surface area contributed by atoms with Crippen LogP contribution in [0.3, 0.4) is 0 Å². The summed E-state index contributed by atoms with van der Waals surface area (Å²) in [5, 5.41) is 2.62. The van der Waals surface area contributed by atoms with Crippen molar-refractivity contribution < 1.29 is 0 Å².